The summed E-state index contributed by atoms with van der Waals surface area (Å²) in [6, 6.07) is 4.70. The van der Waals surface area contributed by atoms with Gasteiger partial charge in [0.2, 0.25) is 0 Å². The molecule has 0 aliphatic heterocycles. The van der Waals surface area contributed by atoms with Crippen molar-refractivity contribution in [2.24, 2.45) is 0 Å². The number of hydrogen-bond acceptors (Lipinski definition) is 3. The van der Waals surface area contributed by atoms with Crippen LogP contribution in [0, 0.1) is 24.0 Å². The highest BCUT2D eigenvalue weighted by molar-refractivity contribution is 6.32. The molecule has 0 bridgehead atoms. The second kappa shape index (κ2) is 5.19. The highest BCUT2D eigenvalue weighted by Gasteiger charge is 2.14. The molecule has 0 saturated heterocycles. The fourth-order valence-corrected chi connectivity index (χ4v) is 2.12. The van der Waals surface area contributed by atoms with E-state index < -0.39 is 4.92 Å². The van der Waals surface area contributed by atoms with Crippen molar-refractivity contribution in [3.05, 3.63) is 55.3 Å². The number of nitro groups is 1. The monoisotopic (exact) mass is 299 g/mol. The predicted octanol–water partition coefficient (Wildman–Crippen LogP) is 3.76. The number of nitro benzene ring substituents is 1. The van der Waals surface area contributed by atoms with Crippen molar-refractivity contribution in [1.82, 2.24) is 9.78 Å². The SMILES string of the molecule is Cc1nn(Cc2ccc(Cl)c([N+](=O)[O-])c2)c(C)c1Cl. The summed E-state index contributed by atoms with van der Waals surface area (Å²) in [6.45, 7) is 4.08. The lowest BCUT2D eigenvalue weighted by molar-refractivity contribution is -0.384. The van der Waals surface area contributed by atoms with E-state index in [2.05, 4.69) is 5.10 Å². The van der Waals surface area contributed by atoms with Gasteiger partial charge >= 0.3 is 0 Å². The Balaban J connectivity index is 2.36. The van der Waals surface area contributed by atoms with Crippen LogP contribution in [0.5, 0.6) is 0 Å². The number of aromatic nitrogens is 2. The highest BCUT2D eigenvalue weighted by Crippen LogP contribution is 2.26. The zero-order valence-corrected chi connectivity index (χ0v) is 11.9. The van der Waals surface area contributed by atoms with E-state index in [-0.39, 0.29) is 10.7 Å². The first-order valence-corrected chi connectivity index (χ1v) is 6.28. The van der Waals surface area contributed by atoms with E-state index in [0.29, 0.717) is 11.6 Å². The van der Waals surface area contributed by atoms with Gasteiger partial charge in [-0.1, -0.05) is 29.3 Å². The van der Waals surface area contributed by atoms with Crippen molar-refractivity contribution < 1.29 is 4.92 Å². The normalized spacial score (nSPS) is 10.7. The Morgan fingerprint density at radius 1 is 1.37 bits per heavy atom. The molecule has 0 amide bonds. The zero-order chi connectivity index (χ0) is 14.2. The Hall–Kier alpha value is -1.59. The molecule has 0 spiro atoms. The Morgan fingerprint density at radius 3 is 2.58 bits per heavy atom. The summed E-state index contributed by atoms with van der Waals surface area (Å²) < 4.78 is 1.71. The second-order valence-electron chi connectivity index (χ2n) is 4.19. The van der Waals surface area contributed by atoms with Crippen LogP contribution in [0.3, 0.4) is 0 Å². The maximum Gasteiger partial charge on any atom is 0.288 e. The van der Waals surface area contributed by atoms with Crippen molar-refractivity contribution in [3.63, 3.8) is 0 Å². The summed E-state index contributed by atoms with van der Waals surface area (Å²) in [6.07, 6.45) is 0. The minimum absolute atomic E-state index is 0.105. The van der Waals surface area contributed by atoms with Crippen LogP contribution in [-0.4, -0.2) is 14.7 Å². The maximum absolute atomic E-state index is 10.8. The lowest BCUT2D eigenvalue weighted by Crippen LogP contribution is -2.04. The highest BCUT2D eigenvalue weighted by atomic mass is 35.5. The van der Waals surface area contributed by atoms with Gasteiger partial charge in [0.25, 0.3) is 5.69 Å². The van der Waals surface area contributed by atoms with Gasteiger partial charge in [0.1, 0.15) is 5.02 Å². The van der Waals surface area contributed by atoms with E-state index in [9.17, 15) is 10.1 Å². The van der Waals surface area contributed by atoms with E-state index in [4.69, 9.17) is 23.2 Å². The molecular weight excluding hydrogens is 289 g/mol. The molecule has 0 unspecified atom stereocenters. The number of halogens is 2. The molecule has 0 N–H and O–H groups in total. The van der Waals surface area contributed by atoms with Crippen molar-refractivity contribution >= 4 is 28.9 Å². The van der Waals surface area contributed by atoms with Crippen LogP contribution in [-0.2, 0) is 6.54 Å². The standard InChI is InChI=1S/C12H11Cl2N3O2/c1-7-12(14)8(2)16(15-7)6-9-3-4-10(13)11(5-9)17(18)19/h3-5H,6H2,1-2H3. The van der Waals surface area contributed by atoms with E-state index in [1.165, 1.54) is 12.1 Å². The third-order valence-corrected chi connectivity index (χ3v) is 3.70. The first kappa shape index (κ1) is 13.8. The average molecular weight is 300 g/mol. The van der Waals surface area contributed by atoms with Crippen LogP contribution in [0.2, 0.25) is 10.0 Å². The minimum Gasteiger partial charge on any atom is -0.264 e. The third-order valence-electron chi connectivity index (χ3n) is 2.83. The molecule has 7 heteroatoms. The smallest absolute Gasteiger partial charge is 0.264 e. The average Bonchev–Trinajstić information content (AvgIpc) is 2.59. The molecule has 100 valence electrons. The third kappa shape index (κ3) is 2.72. The molecule has 0 aliphatic carbocycles. The summed E-state index contributed by atoms with van der Waals surface area (Å²) >= 11 is 11.8. The van der Waals surface area contributed by atoms with Crippen LogP contribution >= 0.6 is 23.2 Å². The van der Waals surface area contributed by atoms with Gasteiger partial charge in [-0.05, 0) is 25.5 Å². The summed E-state index contributed by atoms with van der Waals surface area (Å²) in [4.78, 5) is 10.3. The first-order chi connectivity index (χ1) is 8.90. The van der Waals surface area contributed by atoms with Crippen LogP contribution in [0.4, 0.5) is 5.69 Å². The summed E-state index contributed by atoms with van der Waals surface area (Å²) in [5, 5.41) is 15.9. The molecule has 1 aromatic heterocycles. The fourth-order valence-electron chi connectivity index (χ4n) is 1.80. The Morgan fingerprint density at radius 2 is 2.05 bits per heavy atom. The van der Waals surface area contributed by atoms with Crippen LogP contribution in [0.1, 0.15) is 17.0 Å². The van der Waals surface area contributed by atoms with Gasteiger partial charge in [-0.15, -0.1) is 0 Å². The van der Waals surface area contributed by atoms with E-state index in [1.807, 2.05) is 13.8 Å². The number of aryl methyl sites for hydroxylation is 1. The quantitative estimate of drug-likeness (QED) is 0.640. The van der Waals surface area contributed by atoms with Gasteiger partial charge < -0.3 is 0 Å². The predicted molar refractivity (Wildman–Crippen MR) is 73.9 cm³/mol. The largest absolute Gasteiger partial charge is 0.288 e. The number of nitrogens with zero attached hydrogens (tertiary/aromatic N) is 3. The number of hydrogen-bond donors (Lipinski definition) is 0. The van der Waals surface area contributed by atoms with Crippen molar-refractivity contribution in [1.29, 1.82) is 0 Å². The lowest BCUT2D eigenvalue weighted by Gasteiger charge is -2.05. The fraction of sp³-hybridized carbons (Fsp3) is 0.250. The number of benzene rings is 1. The van der Waals surface area contributed by atoms with Crippen LogP contribution < -0.4 is 0 Å². The zero-order valence-electron chi connectivity index (χ0n) is 10.4. The van der Waals surface area contributed by atoms with Gasteiger partial charge in [-0.3, -0.25) is 14.8 Å². The van der Waals surface area contributed by atoms with Gasteiger partial charge in [-0.25, -0.2) is 0 Å². The summed E-state index contributed by atoms with van der Waals surface area (Å²) in [5.41, 5.74) is 2.21. The van der Waals surface area contributed by atoms with Gasteiger partial charge in [0.15, 0.2) is 0 Å². The van der Waals surface area contributed by atoms with Gasteiger partial charge in [0, 0.05) is 6.07 Å². The topological polar surface area (TPSA) is 61.0 Å². The molecule has 1 aromatic carbocycles. The minimum atomic E-state index is -0.500. The van der Waals surface area contributed by atoms with Crippen molar-refractivity contribution in [3.8, 4) is 0 Å². The Bertz CT molecular complexity index is 653. The van der Waals surface area contributed by atoms with Crippen LogP contribution in [0.15, 0.2) is 18.2 Å². The Kier molecular flexibility index (Phi) is 3.78. The molecular formula is C12H11Cl2N3O2. The van der Waals surface area contributed by atoms with E-state index >= 15 is 0 Å². The molecule has 19 heavy (non-hydrogen) atoms. The van der Waals surface area contributed by atoms with Gasteiger partial charge in [-0.2, -0.15) is 5.10 Å². The van der Waals surface area contributed by atoms with Gasteiger partial charge in [0.05, 0.1) is 27.9 Å². The molecule has 1 heterocycles. The lowest BCUT2D eigenvalue weighted by atomic mass is 10.2. The molecule has 2 rings (SSSR count). The molecule has 0 atom stereocenters. The molecule has 5 nitrogen and oxygen atoms in total. The second-order valence-corrected chi connectivity index (χ2v) is 4.97. The number of rotatable bonds is 3. The summed E-state index contributed by atoms with van der Waals surface area (Å²) in [5.74, 6) is 0. The molecule has 2 aromatic rings. The molecule has 0 aliphatic rings. The van der Waals surface area contributed by atoms with Crippen LogP contribution in [0.25, 0.3) is 0 Å². The van der Waals surface area contributed by atoms with Crippen molar-refractivity contribution in [2.45, 2.75) is 20.4 Å². The van der Waals surface area contributed by atoms with E-state index in [0.717, 1.165) is 17.0 Å². The first-order valence-electron chi connectivity index (χ1n) is 5.52. The summed E-state index contributed by atoms with van der Waals surface area (Å²) in [7, 11) is 0. The maximum atomic E-state index is 10.8. The molecule has 0 fully saturated rings. The van der Waals surface area contributed by atoms with E-state index in [1.54, 1.807) is 10.7 Å². The molecule has 0 radical (unpaired) electrons. The Labute approximate surface area is 119 Å². The molecule has 0 saturated carbocycles. The van der Waals surface area contributed by atoms with Crippen molar-refractivity contribution in [2.75, 3.05) is 0 Å².